The Morgan fingerprint density at radius 2 is 1.21 bits per heavy atom. The van der Waals surface area contributed by atoms with E-state index in [4.69, 9.17) is 8.83 Å². The van der Waals surface area contributed by atoms with E-state index in [1.807, 2.05) is 39.8 Å². The minimum atomic E-state index is -0.655. The zero-order valence-electron chi connectivity index (χ0n) is 15.9. The summed E-state index contributed by atoms with van der Waals surface area (Å²) < 4.78 is 11.6. The Bertz CT molecular complexity index is 635. The van der Waals surface area contributed by atoms with Crippen molar-refractivity contribution in [1.29, 1.82) is 0 Å². The lowest BCUT2D eigenvalue weighted by molar-refractivity contribution is -0.130. The van der Waals surface area contributed by atoms with E-state index in [1.54, 1.807) is 12.5 Å². The third-order valence-corrected chi connectivity index (χ3v) is 5.63. The lowest BCUT2D eigenvalue weighted by Gasteiger charge is -2.34. The second-order valence-electron chi connectivity index (χ2n) is 7.05. The third kappa shape index (κ3) is 2.97. The summed E-state index contributed by atoms with van der Waals surface area (Å²) in [6.45, 7) is 12.2. The van der Waals surface area contributed by atoms with Crippen molar-refractivity contribution in [3.63, 3.8) is 0 Å². The van der Waals surface area contributed by atoms with Gasteiger partial charge in [0.05, 0.1) is 23.4 Å². The van der Waals surface area contributed by atoms with Crippen LogP contribution in [0.3, 0.4) is 0 Å². The molecule has 0 N–H and O–H groups in total. The number of hydrogen-bond acceptors (Lipinski definition) is 3. The van der Waals surface area contributed by atoms with Gasteiger partial charge in [-0.25, -0.2) is 0 Å². The Morgan fingerprint density at radius 1 is 0.833 bits per heavy atom. The van der Waals surface area contributed by atoms with Gasteiger partial charge in [-0.05, 0) is 62.8 Å². The lowest BCUT2D eigenvalue weighted by Crippen LogP contribution is -2.45. The molecule has 3 nitrogen and oxygen atoms in total. The van der Waals surface area contributed by atoms with Crippen LogP contribution in [0.25, 0.3) is 0 Å². The first-order chi connectivity index (χ1) is 11.4. The molecule has 2 aromatic rings. The molecule has 2 rings (SSSR count). The van der Waals surface area contributed by atoms with Gasteiger partial charge in [-0.15, -0.1) is 0 Å². The van der Waals surface area contributed by atoms with Crippen LogP contribution in [0, 0.1) is 0 Å². The van der Waals surface area contributed by atoms with Crippen LogP contribution in [0.2, 0.25) is 0 Å². The maximum absolute atomic E-state index is 13.6. The SMILES string of the molecule is CCc1coc(C(C)(CC)C(=O)C(C)(CC)c2cc(CC)co2)c1. The quantitative estimate of drug-likeness (QED) is 0.632. The second-order valence-corrected chi connectivity index (χ2v) is 7.05. The van der Waals surface area contributed by atoms with E-state index in [9.17, 15) is 4.79 Å². The van der Waals surface area contributed by atoms with Gasteiger partial charge in [0.2, 0.25) is 0 Å². The van der Waals surface area contributed by atoms with Crippen LogP contribution in [0.4, 0.5) is 0 Å². The Hall–Kier alpha value is -1.77. The summed E-state index contributed by atoms with van der Waals surface area (Å²) >= 11 is 0. The highest BCUT2D eigenvalue weighted by Crippen LogP contribution is 2.41. The Morgan fingerprint density at radius 3 is 1.46 bits per heavy atom. The van der Waals surface area contributed by atoms with Crippen LogP contribution in [-0.2, 0) is 28.5 Å². The van der Waals surface area contributed by atoms with Crippen molar-refractivity contribution in [2.45, 2.75) is 78.1 Å². The van der Waals surface area contributed by atoms with Crippen LogP contribution in [0.15, 0.2) is 33.5 Å². The fourth-order valence-corrected chi connectivity index (χ4v) is 3.20. The van der Waals surface area contributed by atoms with Gasteiger partial charge in [0, 0.05) is 0 Å². The molecule has 2 heterocycles. The standard InChI is InChI=1S/C21H30O3/c1-7-15-11-17(23-13-15)20(5,9-3)19(22)21(6,10-4)18-12-16(8-2)14-24-18/h11-14H,7-10H2,1-6H3. The van der Waals surface area contributed by atoms with Gasteiger partial charge in [0.25, 0.3) is 0 Å². The zero-order valence-corrected chi connectivity index (χ0v) is 15.9. The smallest absolute Gasteiger partial charge is 0.159 e. The topological polar surface area (TPSA) is 43.4 Å². The van der Waals surface area contributed by atoms with Crippen LogP contribution in [0.5, 0.6) is 0 Å². The Labute approximate surface area is 145 Å². The van der Waals surface area contributed by atoms with Gasteiger partial charge in [-0.3, -0.25) is 4.79 Å². The van der Waals surface area contributed by atoms with Crippen LogP contribution in [-0.4, -0.2) is 5.78 Å². The first kappa shape index (κ1) is 18.6. The van der Waals surface area contributed by atoms with Crippen molar-refractivity contribution >= 4 is 5.78 Å². The summed E-state index contributed by atoms with van der Waals surface area (Å²) in [5.74, 6) is 1.68. The normalized spacial score (nSPS) is 16.6. The monoisotopic (exact) mass is 330 g/mol. The molecule has 2 aromatic heterocycles. The highest BCUT2D eigenvalue weighted by Gasteiger charge is 2.48. The van der Waals surface area contributed by atoms with E-state index < -0.39 is 10.8 Å². The molecule has 3 heteroatoms. The molecule has 0 bridgehead atoms. The maximum atomic E-state index is 13.6. The summed E-state index contributed by atoms with van der Waals surface area (Å²) in [7, 11) is 0. The highest BCUT2D eigenvalue weighted by molar-refractivity contribution is 5.97. The molecule has 0 aromatic carbocycles. The first-order valence-electron chi connectivity index (χ1n) is 9.06. The summed E-state index contributed by atoms with van der Waals surface area (Å²) in [5.41, 5.74) is 0.943. The largest absolute Gasteiger partial charge is 0.468 e. The minimum Gasteiger partial charge on any atom is -0.468 e. The third-order valence-electron chi connectivity index (χ3n) is 5.63. The van der Waals surface area contributed by atoms with Gasteiger partial charge in [-0.1, -0.05) is 27.7 Å². The highest BCUT2D eigenvalue weighted by atomic mass is 16.3. The maximum Gasteiger partial charge on any atom is 0.159 e. The first-order valence-corrected chi connectivity index (χ1v) is 9.06. The molecule has 0 saturated heterocycles. The van der Waals surface area contributed by atoms with Gasteiger partial charge in [0.15, 0.2) is 5.78 Å². The van der Waals surface area contributed by atoms with Crippen LogP contribution in [0.1, 0.15) is 77.0 Å². The number of rotatable bonds is 8. The summed E-state index contributed by atoms with van der Waals surface area (Å²) in [4.78, 5) is 13.6. The molecule has 0 saturated carbocycles. The lowest BCUT2D eigenvalue weighted by atomic mass is 9.66. The molecule has 0 aliphatic heterocycles. The molecule has 0 aliphatic carbocycles. The van der Waals surface area contributed by atoms with Crippen LogP contribution >= 0.6 is 0 Å². The van der Waals surface area contributed by atoms with E-state index in [1.165, 1.54) is 0 Å². The number of Topliss-reactive ketones (excluding diaryl/α,β-unsaturated/α-hetero) is 1. The van der Waals surface area contributed by atoms with Gasteiger partial charge in [-0.2, -0.15) is 0 Å². The van der Waals surface area contributed by atoms with Crippen molar-refractivity contribution in [1.82, 2.24) is 0 Å². The fraction of sp³-hybridized carbons (Fsp3) is 0.571. The molecular weight excluding hydrogens is 300 g/mol. The molecule has 2 unspecified atom stereocenters. The second kappa shape index (κ2) is 7.00. The fourth-order valence-electron chi connectivity index (χ4n) is 3.20. The van der Waals surface area contributed by atoms with E-state index in [0.29, 0.717) is 12.8 Å². The Balaban J connectivity index is 2.47. The molecule has 0 fully saturated rings. The number of hydrogen-bond donors (Lipinski definition) is 0. The van der Waals surface area contributed by atoms with Gasteiger partial charge in [0.1, 0.15) is 11.5 Å². The number of carbonyl (C=O) groups excluding carboxylic acids is 1. The summed E-state index contributed by atoms with van der Waals surface area (Å²) in [6.07, 6.45) is 6.73. The predicted octanol–water partition coefficient (Wildman–Crippen LogP) is 5.60. The predicted molar refractivity (Wildman–Crippen MR) is 96.5 cm³/mol. The summed E-state index contributed by atoms with van der Waals surface area (Å²) in [5, 5.41) is 0. The zero-order chi connectivity index (χ0) is 18.0. The minimum absolute atomic E-state index is 0.161. The van der Waals surface area contributed by atoms with Gasteiger partial charge < -0.3 is 8.83 Å². The average Bonchev–Trinajstić information content (AvgIpc) is 3.28. The molecule has 0 amide bonds. The van der Waals surface area contributed by atoms with Crippen molar-refractivity contribution < 1.29 is 13.6 Å². The van der Waals surface area contributed by atoms with Crippen molar-refractivity contribution in [3.05, 3.63) is 47.3 Å². The Kier molecular flexibility index (Phi) is 5.42. The molecule has 0 aliphatic rings. The number of furan rings is 2. The summed E-state index contributed by atoms with van der Waals surface area (Å²) in [6, 6.07) is 4.05. The molecule has 24 heavy (non-hydrogen) atoms. The molecule has 132 valence electrons. The van der Waals surface area contributed by atoms with E-state index in [-0.39, 0.29) is 5.78 Å². The van der Waals surface area contributed by atoms with Crippen LogP contribution < -0.4 is 0 Å². The molecule has 2 atom stereocenters. The average molecular weight is 330 g/mol. The number of carbonyl (C=O) groups is 1. The molecule has 0 radical (unpaired) electrons. The molecular formula is C21H30O3. The van der Waals surface area contributed by atoms with Crippen molar-refractivity contribution in [3.8, 4) is 0 Å². The van der Waals surface area contributed by atoms with Gasteiger partial charge >= 0.3 is 0 Å². The van der Waals surface area contributed by atoms with E-state index >= 15 is 0 Å². The van der Waals surface area contributed by atoms with E-state index in [0.717, 1.165) is 35.5 Å². The molecule has 0 spiro atoms. The van der Waals surface area contributed by atoms with E-state index in [2.05, 4.69) is 13.8 Å². The number of aryl methyl sites for hydroxylation is 2. The van der Waals surface area contributed by atoms with Crippen molar-refractivity contribution in [2.75, 3.05) is 0 Å². The van der Waals surface area contributed by atoms with Crippen molar-refractivity contribution in [2.24, 2.45) is 0 Å². The number of ketones is 1.